The van der Waals surface area contributed by atoms with Gasteiger partial charge in [-0.15, -0.1) is 0 Å². The number of primary amides is 1. The molecule has 5 heteroatoms. The monoisotopic (exact) mass is 265 g/mol. The van der Waals surface area contributed by atoms with Gasteiger partial charge in [0.05, 0.1) is 6.04 Å². The Labute approximate surface area is 113 Å². The fraction of sp³-hybridized carbons (Fsp3) is 0.500. The van der Waals surface area contributed by atoms with E-state index < -0.39 is 0 Å². The zero-order valence-electron chi connectivity index (χ0n) is 11.2. The van der Waals surface area contributed by atoms with E-state index in [-0.39, 0.29) is 17.8 Å². The molecule has 1 aromatic rings. The first kappa shape index (κ1) is 13.8. The lowest BCUT2D eigenvalue weighted by Gasteiger charge is -2.38. The predicted octanol–water partition coefficient (Wildman–Crippen LogP) is 1.21. The number of amides is 1. The average molecular weight is 265 g/mol. The molecule has 0 aliphatic carbocycles. The molecule has 0 bridgehead atoms. The second-order valence-corrected chi connectivity index (χ2v) is 4.83. The van der Waals surface area contributed by atoms with E-state index in [1.54, 1.807) is 12.1 Å². The van der Waals surface area contributed by atoms with Crippen LogP contribution >= 0.6 is 0 Å². The van der Waals surface area contributed by atoms with Crippen molar-refractivity contribution in [1.82, 2.24) is 4.90 Å². The van der Waals surface area contributed by atoms with Crippen LogP contribution < -0.4 is 10.6 Å². The molecule has 1 saturated heterocycles. The fourth-order valence-corrected chi connectivity index (χ4v) is 2.58. The van der Waals surface area contributed by atoms with Gasteiger partial charge < -0.3 is 10.6 Å². The summed E-state index contributed by atoms with van der Waals surface area (Å²) in [6, 6.07) is 6.35. The first-order valence-corrected chi connectivity index (χ1v) is 6.65. The summed E-state index contributed by atoms with van der Waals surface area (Å²) in [5.41, 5.74) is 6.43. The summed E-state index contributed by atoms with van der Waals surface area (Å²) >= 11 is 0. The maximum absolute atomic E-state index is 12.9. The van der Waals surface area contributed by atoms with Gasteiger partial charge >= 0.3 is 0 Å². The highest BCUT2D eigenvalue weighted by Crippen LogP contribution is 2.18. The van der Waals surface area contributed by atoms with Crippen molar-refractivity contribution in [2.45, 2.75) is 19.4 Å². The average Bonchev–Trinajstić information content (AvgIpc) is 2.41. The van der Waals surface area contributed by atoms with Crippen LogP contribution in [0, 0.1) is 5.82 Å². The molecule has 0 radical (unpaired) electrons. The molecule has 1 unspecified atom stereocenters. The van der Waals surface area contributed by atoms with Gasteiger partial charge in [0.2, 0.25) is 5.91 Å². The SMILES string of the molecule is CCC(C(N)=O)N1CCN(c2ccc(F)cc2)CC1. The molecule has 0 spiro atoms. The quantitative estimate of drug-likeness (QED) is 0.890. The second kappa shape index (κ2) is 6.02. The van der Waals surface area contributed by atoms with E-state index in [4.69, 9.17) is 5.73 Å². The van der Waals surface area contributed by atoms with Crippen molar-refractivity contribution in [1.29, 1.82) is 0 Å². The number of benzene rings is 1. The number of hydrogen-bond acceptors (Lipinski definition) is 3. The van der Waals surface area contributed by atoms with E-state index in [9.17, 15) is 9.18 Å². The van der Waals surface area contributed by atoms with Gasteiger partial charge in [0.15, 0.2) is 0 Å². The molecule has 0 aromatic heterocycles. The highest BCUT2D eigenvalue weighted by Gasteiger charge is 2.26. The summed E-state index contributed by atoms with van der Waals surface area (Å²) in [4.78, 5) is 15.7. The molecule has 19 heavy (non-hydrogen) atoms. The van der Waals surface area contributed by atoms with Gasteiger partial charge in [0.1, 0.15) is 5.82 Å². The van der Waals surface area contributed by atoms with Crippen LogP contribution in [0.3, 0.4) is 0 Å². The first-order valence-electron chi connectivity index (χ1n) is 6.65. The summed E-state index contributed by atoms with van der Waals surface area (Å²) in [5.74, 6) is -0.472. The van der Waals surface area contributed by atoms with E-state index in [2.05, 4.69) is 9.80 Å². The molecule has 2 N–H and O–H groups in total. The zero-order valence-corrected chi connectivity index (χ0v) is 11.2. The van der Waals surface area contributed by atoms with Crippen LogP contribution in [0.15, 0.2) is 24.3 Å². The van der Waals surface area contributed by atoms with Crippen LogP contribution in [0.4, 0.5) is 10.1 Å². The summed E-state index contributed by atoms with van der Waals surface area (Å²) in [7, 11) is 0. The van der Waals surface area contributed by atoms with E-state index >= 15 is 0 Å². The van der Waals surface area contributed by atoms with Crippen molar-refractivity contribution < 1.29 is 9.18 Å². The maximum atomic E-state index is 12.9. The third-order valence-corrected chi connectivity index (χ3v) is 3.66. The van der Waals surface area contributed by atoms with E-state index in [0.29, 0.717) is 0 Å². The van der Waals surface area contributed by atoms with Gasteiger partial charge in [0, 0.05) is 31.9 Å². The number of nitrogens with two attached hydrogens (primary N) is 1. The van der Waals surface area contributed by atoms with Crippen LogP contribution in [0.2, 0.25) is 0 Å². The number of rotatable bonds is 4. The van der Waals surface area contributed by atoms with Crippen LogP contribution in [-0.2, 0) is 4.79 Å². The summed E-state index contributed by atoms with van der Waals surface area (Å²) < 4.78 is 12.9. The Morgan fingerprint density at radius 1 is 1.26 bits per heavy atom. The Morgan fingerprint density at radius 2 is 1.84 bits per heavy atom. The van der Waals surface area contributed by atoms with Crippen LogP contribution in [-0.4, -0.2) is 43.0 Å². The summed E-state index contributed by atoms with van der Waals surface area (Å²) in [5, 5.41) is 0. The minimum Gasteiger partial charge on any atom is -0.369 e. The molecule has 1 heterocycles. The van der Waals surface area contributed by atoms with Crippen molar-refractivity contribution in [3.63, 3.8) is 0 Å². The van der Waals surface area contributed by atoms with E-state index in [1.807, 2.05) is 6.92 Å². The van der Waals surface area contributed by atoms with Gasteiger partial charge in [-0.25, -0.2) is 4.39 Å². The Morgan fingerprint density at radius 3 is 2.32 bits per heavy atom. The smallest absolute Gasteiger partial charge is 0.234 e. The van der Waals surface area contributed by atoms with Crippen molar-refractivity contribution in [2.24, 2.45) is 5.73 Å². The maximum Gasteiger partial charge on any atom is 0.234 e. The third-order valence-electron chi connectivity index (χ3n) is 3.66. The normalized spacial score (nSPS) is 18.3. The minimum absolute atomic E-state index is 0.171. The Balaban J connectivity index is 1.95. The predicted molar refractivity (Wildman–Crippen MR) is 73.5 cm³/mol. The number of piperazine rings is 1. The van der Waals surface area contributed by atoms with Gasteiger partial charge in [-0.2, -0.15) is 0 Å². The Bertz CT molecular complexity index is 427. The molecule has 1 amide bonds. The summed E-state index contributed by atoms with van der Waals surface area (Å²) in [6.45, 7) is 5.24. The Hall–Kier alpha value is -1.62. The van der Waals surface area contributed by atoms with Crippen LogP contribution in [0.1, 0.15) is 13.3 Å². The van der Waals surface area contributed by atoms with Crippen molar-refractivity contribution in [3.05, 3.63) is 30.1 Å². The number of halogens is 1. The third kappa shape index (κ3) is 3.23. The van der Waals surface area contributed by atoms with Crippen molar-refractivity contribution >= 4 is 11.6 Å². The molecule has 4 nitrogen and oxygen atoms in total. The topological polar surface area (TPSA) is 49.6 Å². The van der Waals surface area contributed by atoms with Gasteiger partial charge in [-0.1, -0.05) is 6.92 Å². The lowest BCUT2D eigenvalue weighted by Crippen LogP contribution is -2.54. The van der Waals surface area contributed by atoms with Crippen molar-refractivity contribution in [2.75, 3.05) is 31.1 Å². The zero-order chi connectivity index (χ0) is 13.8. The number of nitrogens with zero attached hydrogens (tertiary/aromatic N) is 2. The molecule has 1 aromatic carbocycles. The number of carbonyl (C=O) groups is 1. The molecular formula is C14H20FN3O. The first-order chi connectivity index (χ1) is 9.11. The molecule has 1 fully saturated rings. The lowest BCUT2D eigenvalue weighted by atomic mass is 10.1. The molecule has 0 saturated carbocycles. The number of carbonyl (C=O) groups excluding carboxylic acids is 1. The number of hydrogen-bond donors (Lipinski definition) is 1. The van der Waals surface area contributed by atoms with Gasteiger partial charge in [-0.05, 0) is 30.7 Å². The highest BCUT2D eigenvalue weighted by atomic mass is 19.1. The highest BCUT2D eigenvalue weighted by molar-refractivity contribution is 5.79. The largest absolute Gasteiger partial charge is 0.369 e. The molecular weight excluding hydrogens is 245 g/mol. The van der Waals surface area contributed by atoms with E-state index in [1.165, 1.54) is 12.1 Å². The standard InChI is InChI=1S/C14H20FN3O/c1-2-13(14(16)19)18-9-7-17(8-10-18)12-5-3-11(15)4-6-12/h3-6,13H,2,7-10H2,1H3,(H2,16,19). The summed E-state index contributed by atoms with van der Waals surface area (Å²) in [6.07, 6.45) is 0.742. The minimum atomic E-state index is -0.252. The number of anilines is 1. The van der Waals surface area contributed by atoms with Crippen LogP contribution in [0.5, 0.6) is 0 Å². The molecule has 1 aliphatic heterocycles. The molecule has 104 valence electrons. The second-order valence-electron chi connectivity index (χ2n) is 4.83. The van der Waals surface area contributed by atoms with Gasteiger partial charge in [0.25, 0.3) is 0 Å². The molecule has 1 aliphatic rings. The van der Waals surface area contributed by atoms with Crippen LogP contribution in [0.25, 0.3) is 0 Å². The molecule has 1 atom stereocenters. The fourth-order valence-electron chi connectivity index (χ4n) is 2.58. The molecule has 2 rings (SSSR count). The van der Waals surface area contributed by atoms with Crippen molar-refractivity contribution in [3.8, 4) is 0 Å². The lowest BCUT2D eigenvalue weighted by molar-refractivity contribution is -0.123. The van der Waals surface area contributed by atoms with E-state index in [0.717, 1.165) is 38.3 Å². The Kier molecular flexibility index (Phi) is 4.37. The van der Waals surface area contributed by atoms with Gasteiger partial charge in [-0.3, -0.25) is 9.69 Å².